The second-order valence-electron chi connectivity index (χ2n) is 7.11. The van der Waals surface area contributed by atoms with Crippen LogP contribution in [0.2, 0.25) is 0 Å². The molecular formula is C22H29N3O3. The number of anilines is 2. The van der Waals surface area contributed by atoms with E-state index in [1.54, 1.807) is 25.3 Å². The molecule has 0 fully saturated rings. The van der Waals surface area contributed by atoms with E-state index in [-0.39, 0.29) is 17.9 Å². The molecule has 2 aromatic carbocycles. The van der Waals surface area contributed by atoms with Crippen LogP contribution in [-0.4, -0.2) is 36.9 Å². The third kappa shape index (κ3) is 5.57. The molecule has 2 rings (SSSR count). The van der Waals surface area contributed by atoms with Gasteiger partial charge in [-0.2, -0.15) is 0 Å². The van der Waals surface area contributed by atoms with Crippen molar-refractivity contribution in [2.45, 2.75) is 40.3 Å². The molecule has 0 bridgehead atoms. The van der Waals surface area contributed by atoms with Crippen LogP contribution in [0.25, 0.3) is 0 Å². The lowest BCUT2D eigenvalue weighted by molar-refractivity contribution is -0.120. The maximum Gasteiger partial charge on any atom is 0.241 e. The Labute approximate surface area is 166 Å². The lowest BCUT2D eigenvalue weighted by Gasteiger charge is -2.25. The molecule has 0 heterocycles. The van der Waals surface area contributed by atoms with E-state index in [1.165, 1.54) is 23.6 Å². The zero-order valence-electron chi connectivity index (χ0n) is 17.4. The van der Waals surface area contributed by atoms with Crippen molar-refractivity contribution in [3.8, 4) is 5.75 Å². The van der Waals surface area contributed by atoms with Gasteiger partial charge < -0.3 is 15.4 Å². The largest absolute Gasteiger partial charge is 0.495 e. The minimum atomic E-state index is -0.352. The highest BCUT2D eigenvalue weighted by Crippen LogP contribution is 2.28. The molecule has 6 nitrogen and oxygen atoms in total. The third-order valence-corrected chi connectivity index (χ3v) is 4.74. The van der Waals surface area contributed by atoms with Crippen molar-refractivity contribution in [3.05, 3.63) is 53.1 Å². The van der Waals surface area contributed by atoms with E-state index >= 15 is 0 Å². The van der Waals surface area contributed by atoms with Gasteiger partial charge in [0.1, 0.15) is 5.75 Å². The number of hydrogen-bond donors (Lipinski definition) is 2. The molecule has 0 aliphatic carbocycles. The van der Waals surface area contributed by atoms with Crippen LogP contribution in [0.15, 0.2) is 36.4 Å². The standard InChI is InChI=1S/C22H29N3O3/c1-14-7-8-18(15(2)11-14)13-25(5)16(3)22(27)24-20-12-19(23-17(4)26)9-10-21(20)28-6/h7-12,16H,13H2,1-6H3,(H,23,26)(H,24,27). The number of aryl methyl sites for hydroxylation is 2. The number of hydrogen-bond acceptors (Lipinski definition) is 4. The SMILES string of the molecule is COc1ccc(NC(C)=O)cc1NC(=O)C(C)N(C)Cc1ccc(C)cc1C. The van der Waals surface area contributed by atoms with Gasteiger partial charge >= 0.3 is 0 Å². The monoisotopic (exact) mass is 383 g/mol. The molecule has 0 radical (unpaired) electrons. The van der Waals surface area contributed by atoms with Gasteiger partial charge in [0.15, 0.2) is 0 Å². The van der Waals surface area contributed by atoms with Crippen LogP contribution in [0.1, 0.15) is 30.5 Å². The number of carbonyl (C=O) groups excluding carboxylic acids is 2. The second-order valence-corrected chi connectivity index (χ2v) is 7.11. The molecular weight excluding hydrogens is 354 g/mol. The molecule has 6 heteroatoms. The molecule has 0 saturated heterocycles. The summed E-state index contributed by atoms with van der Waals surface area (Å²) in [4.78, 5) is 26.1. The number of rotatable bonds is 7. The van der Waals surface area contributed by atoms with Crippen LogP contribution < -0.4 is 15.4 Å². The molecule has 2 N–H and O–H groups in total. The molecule has 28 heavy (non-hydrogen) atoms. The lowest BCUT2D eigenvalue weighted by Crippen LogP contribution is -2.39. The number of benzene rings is 2. The maximum atomic E-state index is 12.8. The van der Waals surface area contributed by atoms with Gasteiger partial charge in [0.05, 0.1) is 18.8 Å². The Kier molecular flexibility index (Phi) is 7.18. The maximum absolute atomic E-state index is 12.8. The molecule has 150 valence electrons. The lowest BCUT2D eigenvalue weighted by atomic mass is 10.0. The highest BCUT2D eigenvalue weighted by Gasteiger charge is 2.20. The molecule has 0 saturated carbocycles. The third-order valence-electron chi connectivity index (χ3n) is 4.74. The fourth-order valence-electron chi connectivity index (χ4n) is 2.95. The summed E-state index contributed by atoms with van der Waals surface area (Å²) in [5.74, 6) is 0.209. The quantitative estimate of drug-likeness (QED) is 0.764. The van der Waals surface area contributed by atoms with Gasteiger partial charge in [-0.05, 0) is 57.1 Å². The molecule has 0 aliphatic heterocycles. The van der Waals surface area contributed by atoms with Gasteiger partial charge in [-0.15, -0.1) is 0 Å². The van der Waals surface area contributed by atoms with Gasteiger partial charge in [-0.25, -0.2) is 0 Å². The van der Waals surface area contributed by atoms with Crippen LogP contribution in [0.4, 0.5) is 11.4 Å². The highest BCUT2D eigenvalue weighted by molar-refractivity contribution is 5.97. The first kappa shape index (κ1) is 21.4. The summed E-state index contributed by atoms with van der Waals surface area (Å²) >= 11 is 0. The molecule has 0 aliphatic rings. The average molecular weight is 383 g/mol. The number of methoxy groups -OCH3 is 1. The van der Waals surface area contributed by atoms with Crippen molar-refractivity contribution in [1.82, 2.24) is 4.90 Å². The van der Waals surface area contributed by atoms with E-state index in [9.17, 15) is 9.59 Å². The van der Waals surface area contributed by atoms with E-state index in [4.69, 9.17) is 4.74 Å². The number of amides is 2. The van der Waals surface area contributed by atoms with Gasteiger partial charge in [0.25, 0.3) is 0 Å². The summed E-state index contributed by atoms with van der Waals surface area (Å²) in [5.41, 5.74) is 4.74. The van der Waals surface area contributed by atoms with Crippen molar-refractivity contribution in [2.75, 3.05) is 24.8 Å². The normalized spacial score (nSPS) is 11.8. The number of nitrogens with zero attached hydrogens (tertiary/aromatic N) is 1. The van der Waals surface area contributed by atoms with Crippen molar-refractivity contribution in [3.63, 3.8) is 0 Å². The van der Waals surface area contributed by atoms with Crippen LogP contribution in [0.3, 0.4) is 0 Å². The van der Waals surface area contributed by atoms with E-state index in [0.29, 0.717) is 23.7 Å². The van der Waals surface area contributed by atoms with Crippen molar-refractivity contribution in [1.29, 1.82) is 0 Å². The summed E-state index contributed by atoms with van der Waals surface area (Å²) in [5, 5.41) is 5.62. The first-order valence-electron chi connectivity index (χ1n) is 9.24. The predicted octanol–water partition coefficient (Wildman–Crippen LogP) is 3.73. The zero-order chi connectivity index (χ0) is 20.8. The molecule has 2 aromatic rings. The van der Waals surface area contributed by atoms with Crippen LogP contribution in [0, 0.1) is 13.8 Å². The minimum absolute atomic E-state index is 0.148. The highest BCUT2D eigenvalue weighted by atomic mass is 16.5. The summed E-state index contributed by atoms with van der Waals surface area (Å²) in [6.45, 7) is 8.12. The fraction of sp³-hybridized carbons (Fsp3) is 0.364. The van der Waals surface area contributed by atoms with Gasteiger partial charge in [-0.1, -0.05) is 23.8 Å². The number of nitrogens with one attached hydrogen (secondary N) is 2. The minimum Gasteiger partial charge on any atom is -0.495 e. The van der Waals surface area contributed by atoms with Gasteiger partial charge in [0.2, 0.25) is 11.8 Å². The van der Waals surface area contributed by atoms with Crippen LogP contribution in [-0.2, 0) is 16.1 Å². The smallest absolute Gasteiger partial charge is 0.241 e. The van der Waals surface area contributed by atoms with Crippen molar-refractivity contribution in [2.24, 2.45) is 0 Å². The Balaban J connectivity index is 2.11. The summed E-state index contributed by atoms with van der Waals surface area (Å²) in [7, 11) is 3.47. The molecule has 2 amide bonds. The first-order chi connectivity index (χ1) is 13.2. The van der Waals surface area contributed by atoms with E-state index in [0.717, 1.165) is 0 Å². The van der Waals surface area contributed by atoms with Crippen LogP contribution >= 0.6 is 0 Å². The molecule has 1 atom stereocenters. The van der Waals surface area contributed by atoms with Gasteiger partial charge in [0, 0.05) is 19.2 Å². The Morgan fingerprint density at radius 2 is 1.82 bits per heavy atom. The van der Waals surface area contributed by atoms with Gasteiger partial charge in [-0.3, -0.25) is 14.5 Å². The van der Waals surface area contributed by atoms with Crippen molar-refractivity contribution >= 4 is 23.2 Å². The molecule has 0 aromatic heterocycles. The average Bonchev–Trinajstić information content (AvgIpc) is 2.63. The predicted molar refractivity (Wildman–Crippen MR) is 113 cm³/mol. The topological polar surface area (TPSA) is 70.7 Å². The summed E-state index contributed by atoms with van der Waals surface area (Å²) < 4.78 is 5.33. The van der Waals surface area contributed by atoms with Crippen molar-refractivity contribution < 1.29 is 14.3 Å². The van der Waals surface area contributed by atoms with E-state index in [1.807, 2.05) is 18.9 Å². The van der Waals surface area contributed by atoms with E-state index < -0.39 is 0 Å². The Morgan fingerprint density at radius 1 is 1.11 bits per heavy atom. The zero-order valence-corrected chi connectivity index (χ0v) is 17.4. The molecule has 1 unspecified atom stereocenters. The number of carbonyl (C=O) groups is 2. The Bertz CT molecular complexity index is 864. The second kappa shape index (κ2) is 9.37. The number of ether oxygens (including phenoxy) is 1. The summed E-state index contributed by atoms with van der Waals surface area (Å²) in [6, 6.07) is 11.1. The van der Waals surface area contributed by atoms with E-state index in [2.05, 4.69) is 42.7 Å². The number of likely N-dealkylation sites (N-methyl/N-ethyl adjacent to an activating group) is 1. The summed E-state index contributed by atoms with van der Waals surface area (Å²) in [6.07, 6.45) is 0. The first-order valence-corrected chi connectivity index (χ1v) is 9.24. The van der Waals surface area contributed by atoms with Crippen LogP contribution in [0.5, 0.6) is 5.75 Å². The Morgan fingerprint density at radius 3 is 2.43 bits per heavy atom. The fourth-order valence-corrected chi connectivity index (χ4v) is 2.95. The Hall–Kier alpha value is -2.86. The molecule has 0 spiro atoms.